The number of methoxy groups -OCH3 is 1. The number of aliphatic carboxylic acids is 1. The first-order valence-corrected chi connectivity index (χ1v) is 6.80. The van der Waals surface area contributed by atoms with Crippen LogP contribution in [0, 0.1) is 0 Å². The molecule has 0 saturated carbocycles. The van der Waals surface area contributed by atoms with Gasteiger partial charge in [-0.05, 0) is 17.7 Å². The zero-order valence-electron chi connectivity index (χ0n) is 12.4. The highest BCUT2D eigenvalue weighted by molar-refractivity contribution is 6.06. The summed E-state index contributed by atoms with van der Waals surface area (Å²) in [6.45, 7) is 0. The number of benzene rings is 2. The summed E-state index contributed by atoms with van der Waals surface area (Å²) >= 11 is 0. The van der Waals surface area contributed by atoms with E-state index in [0.29, 0.717) is 5.56 Å². The number of esters is 1. The number of carbonyl (C=O) groups excluding carboxylic acids is 2. The lowest BCUT2D eigenvalue weighted by atomic mass is 10.0. The van der Waals surface area contributed by atoms with E-state index in [1.165, 1.54) is 19.2 Å². The number of hydrogen-bond donors (Lipinski definition) is 2. The normalized spacial score (nSPS) is 11.3. The van der Waals surface area contributed by atoms with E-state index in [1.807, 2.05) is 0 Å². The molecule has 23 heavy (non-hydrogen) atoms. The summed E-state index contributed by atoms with van der Waals surface area (Å²) in [4.78, 5) is 35.5. The van der Waals surface area contributed by atoms with Crippen molar-refractivity contribution >= 4 is 17.8 Å². The molecule has 0 fully saturated rings. The number of carbonyl (C=O) groups is 3. The van der Waals surface area contributed by atoms with Crippen molar-refractivity contribution in [2.24, 2.45) is 0 Å². The van der Waals surface area contributed by atoms with Gasteiger partial charge < -0.3 is 15.2 Å². The molecule has 6 heteroatoms. The molecule has 0 aromatic heterocycles. The molecule has 6 nitrogen and oxygen atoms in total. The average molecular weight is 313 g/mol. The minimum atomic E-state index is -1.21. The lowest BCUT2D eigenvalue weighted by molar-refractivity contribution is -0.139. The number of nitrogens with one attached hydrogen (secondary N) is 1. The molecular formula is C17H15NO5. The van der Waals surface area contributed by atoms with Gasteiger partial charge in [-0.3, -0.25) is 4.79 Å². The number of carboxylic acid groups (broad SMARTS) is 1. The maximum absolute atomic E-state index is 12.4. The Bertz CT molecular complexity index is 727. The second-order valence-electron chi connectivity index (χ2n) is 4.69. The molecular weight excluding hydrogens is 298 g/mol. The van der Waals surface area contributed by atoms with Gasteiger partial charge in [0.25, 0.3) is 5.91 Å². The monoisotopic (exact) mass is 313 g/mol. The topological polar surface area (TPSA) is 92.7 Å². The Morgan fingerprint density at radius 3 is 2.09 bits per heavy atom. The molecule has 0 aliphatic carbocycles. The third-order valence-corrected chi connectivity index (χ3v) is 3.23. The number of ether oxygens (including phenoxy) is 1. The molecule has 0 spiro atoms. The molecule has 0 bridgehead atoms. The number of hydrogen-bond acceptors (Lipinski definition) is 4. The van der Waals surface area contributed by atoms with E-state index in [4.69, 9.17) is 0 Å². The highest BCUT2D eigenvalue weighted by Gasteiger charge is 2.24. The largest absolute Gasteiger partial charge is 0.479 e. The van der Waals surface area contributed by atoms with Crippen LogP contribution >= 0.6 is 0 Å². The maximum atomic E-state index is 12.4. The van der Waals surface area contributed by atoms with Crippen LogP contribution in [-0.4, -0.2) is 30.1 Å². The minimum absolute atomic E-state index is 0.0570. The van der Waals surface area contributed by atoms with Gasteiger partial charge in [-0.2, -0.15) is 0 Å². The first kappa shape index (κ1) is 16.2. The Kier molecular flexibility index (Phi) is 5.09. The summed E-state index contributed by atoms with van der Waals surface area (Å²) in [5, 5.41) is 11.8. The van der Waals surface area contributed by atoms with Gasteiger partial charge in [-0.1, -0.05) is 42.5 Å². The predicted octanol–water partition coefficient (Wildman–Crippen LogP) is 2.03. The highest BCUT2D eigenvalue weighted by atomic mass is 16.5. The summed E-state index contributed by atoms with van der Waals surface area (Å²) in [5.41, 5.74) is 0.565. The van der Waals surface area contributed by atoms with Crippen LogP contribution in [0.4, 0.5) is 0 Å². The summed E-state index contributed by atoms with van der Waals surface area (Å²) in [6.07, 6.45) is 0. The maximum Gasteiger partial charge on any atom is 0.338 e. The van der Waals surface area contributed by atoms with Crippen LogP contribution in [-0.2, 0) is 9.53 Å². The zero-order chi connectivity index (χ0) is 16.8. The van der Waals surface area contributed by atoms with Gasteiger partial charge in [-0.15, -0.1) is 0 Å². The van der Waals surface area contributed by atoms with E-state index >= 15 is 0 Å². The Balaban J connectivity index is 2.30. The molecule has 0 aliphatic heterocycles. The van der Waals surface area contributed by atoms with Crippen LogP contribution in [0.3, 0.4) is 0 Å². The fourth-order valence-electron chi connectivity index (χ4n) is 2.11. The molecule has 0 heterocycles. The molecule has 0 saturated heterocycles. The predicted molar refractivity (Wildman–Crippen MR) is 82.1 cm³/mol. The van der Waals surface area contributed by atoms with Gasteiger partial charge >= 0.3 is 11.9 Å². The van der Waals surface area contributed by atoms with Gasteiger partial charge in [0.05, 0.1) is 18.2 Å². The van der Waals surface area contributed by atoms with Crippen LogP contribution in [0.15, 0.2) is 54.6 Å². The van der Waals surface area contributed by atoms with Crippen molar-refractivity contribution in [1.29, 1.82) is 0 Å². The van der Waals surface area contributed by atoms with Gasteiger partial charge in [0.2, 0.25) is 0 Å². The van der Waals surface area contributed by atoms with Crippen molar-refractivity contribution in [3.63, 3.8) is 0 Å². The second-order valence-corrected chi connectivity index (χ2v) is 4.69. The summed E-state index contributed by atoms with van der Waals surface area (Å²) < 4.78 is 4.63. The molecule has 2 rings (SSSR count). The van der Waals surface area contributed by atoms with Crippen LogP contribution in [0.25, 0.3) is 0 Å². The zero-order valence-corrected chi connectivity index (χ0v) is 12.4. The van der Waals surface area contributed by atoms with E-state index in [9.17, 15) is 19.5 Å². The van der Waals surface area contributed by atoms with Crippen LogP contribution in [0.1, 0.15) is 32.3 Å². The SMILES string of the molecule is COC(=O)c1ccccc1C(=O)N[C@H](C(=O)O)c1ccccc1. The first-order chi connectivity index (χ1) is 11.0. The third kappa shape index (κ3) is 3.74. The second kappa shape index (κ2) is 7.22. The fourth-order valence-corrected chi connectivity index (χ4v) is 2.11. The van der Waals surface area contributed by atoms with Crippen molar-refractivity contribution in [2.75, 3.05) is 7.11 Å². The quantitative estimate of drug-likeness (QED) is 0.824. The Morgan fingerprint density at radius 1 is 0.957 bits per heavy atom. The van der Waals surface area contributed by atoms with Crippen LogP contribution in [0.5, 0.6) is 0 Å². The molecule has 0 radical (unpaired) electrons. The van der Waals surface area contributed by atoms with E-state index in [0.717, 1.165) is 0 Å². The molecule has 1 atom stereocenters. The molecule has 2 N–H and O–H groups in total. The minimum Gasteiger partial charge on any atom is -0.479 e. The van der Waals surface area contributed by atoms with E-state index in [1.54, 1.807) is 42.5 Å². The van der Waals surface area contributed by atoms with Crippen molar-refractivity contribution in [3.8, 4) is 0 Å². The molecule has 0 aliphatic rings. The standard InChI is InChI=1S/C17H15NO5/c1-23-17(22)13-10-6-5-9-12(13)15(19)18-14(16(20)21)11-7-3-2-4-8-11/h2-10,14H,1H3,(H,18,19)(H,20,21)/t14-/m0/s1. The van der Waals surface area contributed by atoms with Gasteiger partial charge in [-0.25, -0.2) is 9.59 Å². The number of amides is 1. The van der Waals surface area contributed by atoms with Crippen molar-refractivity contribution in [1.82, 2.24) is 5.32 Å². The molecule has 2 aromatic rings. The highest BCUT2D eigenvalue weighted by Crippen LogP contribution is 2.16. The van der Waals surface area contributed by atoms with E-state index in [2.05, 4.69) is 10.1 Å². The Morgan fingerprint density at radius 2 is 1.52 bits per heavy atom. The molecule has 0 unspecified atom stereocenters. The first-order valence-electron chi connectivity index (χ1n) is 6.80. The van der Waals surface area contributed by atoms with Crippen molar-refractivity contribution < 1.29 is 24.2 Å². The van der Waals surface area contributed by atoms with Gasteiger partial charge in [0, 0.05) is 0 Å². The number of carboxylic acids is 1. The van der Waals surface area contributed by atoms with E-state index in [-0.39, 0.29) is 11.1 Å². The van der Waals surface area contributed by atoms with Gasteiger partial charge in [0.1, 0.15) is 0 Å². The smallest absolute Gasteiger partial charge is 0.338 e. The lowest BCUT2D eigenvalue weighted by Crippen LogP contribution is -2.34. The van der Waals surface area contributed by atoms with Crippen molar-refractivity contribution in [2.45, 2.75) is 6.04 Å². The lowest BCUT2D eigenvalue weighted by Gasteiger charge is -2.16. The summed E-state index contributed by atoms with van der Waals surface area (Å²) in [7, 11) is 1.21. The molecule has 1 amide bonds. The van der Waals surface area contributed by atoms with E-state index < -0.39 is 23.9 Å². The van der Waals surface area contributed by atoms with Crippen LogP contribution < -0.4 is 5.32 Å². The molecule has 2 aromatic carbocycles. The Labute approximate surface area is 132 Å². The summed E-state index contributed by atoms with van der Waals surface area (Å²) in [5.74, 6) is -2.52. The average Bonchev–Trinajstić information content (AvgIpc) is 2.59. The van der Waals surface area contributed by atoms with Crippen LogP contribution in [0.2, 0.25) is 0 Å². The fraction of sp³-hybridized carbons (Fsp3) is 0.118. The third-order valence-electron chi connectivity index (χ3n) is 3.23. The van der Waals surface area contributed by atoms with Crippen molar-refractivity contribution in [3.05, 3.63) is 71.3 Å². The van der Waals surface area contributed by atoms with Gasteiger partial charge in [0.15, 0.2) is 6.04 Å². The molecule has 118 valence electrons. The number of rotatable bonds is 5. The summed E-state index contributed by atoms with van der Waals surface area (Å²) in [6, 6.07) is 13.2. The Hall–Kier alpha value is -3.15.